The molecule has 102 valence electrons. The molecule has 0 spiro atoms. The molecule has 0 atom stereocenters. The molecule has 3 nitrogen and oxygen atoms in total. The van der Waals surface area contributed by atoms with Gasteiger partial charge in [-0.1, -0.05) is 23.7 Å². The van der Waals surface area contributed by atoms with Crippen molar-refractivity contribution in [3.63, 3.8) is 0 Å². The highest BCUT2D eigenvalue weighted by Crippen LogP contribution is 2.28. The zero-order valence-electron chi connectivity index (χ0n) is 10.7. The molecule has 4 heteroatoms. The van der Waals surface area contributed by atoms with Gasteiger partial charge >= 0.3 is 0 Å². The Hall–Kier alpha value is -1.29. The lowest BCUT2D eigenvalue weighted by Gasteiger charge is -2.02. The van der Waals surface area contributed by atoms with Gasteiger partial charge in [0.05, 0.1) is 11.6 Å². The second-order valence-corrected chi connectivity index (χ2v) is 4.76. The molecular weight excluding hydrogens is 262 g/mol. The minimum atomic E-state index is 0.249. The maximum Gasteiger partial charge on any atom is 0.135 e. The van der Waals surface area contributed by atoms with E-state index in [1.54, 1.807) is 0 Å². The predicted octanol–water partition coefficient (Wildman–Crippen LogP) is 3.46. The Labute approximate surface area is 118 Å². The summed E-state index contributed by atoms with van der Waals surface area (Å²) in [6.07, 6.45) is 1.80. The molecule has 1 heterocycles. The molecule has 0 amide bonds. The van der Waals surface area contributed by atoms with Crippen LogP contribution in [0.15, 0.2) is 40.8 Å². The fourth-order valence-electron chi connectivity index (χ4n) is 1.85. The monoisotopic (exact) mass is 279 g/mol. The quantitative estimate of drug-likeness (QED) is 0.763. The minimum Gasteiger partial charge on any atom is -0.460 e. The van der Waals surface area contributed by atoms with Crippen molar-refractivity contribution in [3.05, 3.63) is 47.2 Å². The number of halogens is 1. The first-order valence-corrected chi connectivity index (χ1v) is 6.84. The van der Waals surface area contributed by atoms with E-state index in [0.717, 1.165) is 36.5 Å². The van der Waals surface area contributed by atoms with Gasteiger partial charge < -0.3 is 14.8 Å². The summed E-state index contributed by atoms with van der Waals surface area (Å²) < 4.78 is 5.76. The van der Waals surface area contributed by atoms with Crippen molar-refractivity contribution in [1.82, 2.24) is 5.32 Å². The van der Waals surface area contributed by atoms with Gasteiger partial charge in [-0.15, -0.1) is 0 Å². The lowest BCUT2D eigenvalue weighted by molar-refractivity contribution is 0.283. The predicted molar refractivity (Wildman–Crippen MR) is 77.2 cm³/mol. The summed E-state index contributed by atoms with van der Waals surface area (Å²) in [5.74, 6) is 1.68. The second kappa shape index (κ2) is 7.34. The van der Waals surface area contributed by atoms with Crippen LogP contribution >= 0.6 is 11.6 Å². The number of hydrogen-bond donors (Lipinski definition) is 2. The zero-order valence-corrected chi connectivity index (χ0v) is 11.5. The van der Waals surface area contributed by atoms with Crippen molar-refractivity contribution in [1.29, 1.82) is 0 Å². The van der Waals surface area contributed by atoms with Crippen molar-refractivity contribution in [2.75, 3.05) is 13.2 Å². The summed E-state index contributed by atoms with van der Waals surface area (Å²) in [5.41, 5.74) is 0.913. The normalized spacial score (nSPS) is 10.8. The summed E-state index contributed by atoms with van der Waals surface area (Å²) in [6.45, 7) is 1.82. The number of hydrogen-bond acceptors (Lipinski definition) is 3. The Morgan fingerprint density at radius 1 is 1.11 bits per heavy atom. The second-order valence-electron chi connectivity index (χ2n) is 4.35. The smallest absolute Gasteiger partial charge is 0.135 e. The zero-order chi connectivity index (χ0) is 13.5. The van der Waals surface area contributed by atoms with Crippen LogP contribution in [0.3, 0.4) is 0 Å². The van der Waals surface area contributed by atoms with Gasteiger partial charge in [0.25, 0.3) is 0 Å². The standard InChI is InChI=1S/C15H18ClNO2/c16-14-6-2-1-5-13(14)15-8-7-12(19-15)11-17-9-3-4-10-18/h1-2,5-8,17-18H,3-4,9-11H2. The molecule has 0 radical (unpaired) electrons. The van der Waals surface area contributed by atoms with Crippen LogP contribution in [-0.4, -0.2) is 18.3 Å². The van der Waals surface area contributed by atoms with Gasteiger partial charge in [0, 0.05) is 12.2 Å². The molecule has 1 aromatic heterocycles. The molecule has 0 aliphatic heterocycles. The molecule has 0 saturated carbocycles. The van der Waals surface area contributed by atoms with Gasteiger partial charge in [0.2, 0.25) is 0 Å². The third-order valence-corrected chi connectivity index (χ3v) is 3.19. The van der Waals surface area contributed by atoms with Gasteiger partial charge in [-0.25, -0.2) is 0 Å². The van der Waals surface area contributed by atoms with E-state index in [9.17, 15) is 0 Å². The van der Waals surface area contributed by atoms with Gasteiger partial charge in [-0.3, -0.25) is 0 Å². The van der Waals surface area contributed by atoms with E-state index in [4.69, 9.17) is 21.1 Å². The lowest BCUT2D eigenvalue weighted by atomic mass is 10.2. The van der Waals surface area contributed by atoms with E-state index in [-0.39, 0.29) is 6.61 Å². The van der Waals surface area contributed by atoms with Crippen LogP contribution in [0.1, 0.15) is 18.6 Å². The first-order chi connectivity index (χ1) is 9.31. The minimum absolute atomic E-state index is 0.249. The Bertz CT molecular complexity index is 510. The summed E-state index contributed by atoms with van der Waals surface area (Å²) in [7, 11) is 0. The Kier molecular flexibility index (Phi) is 5.45. The summed E-state index contributed by atoms with van der Waals surface area (Å²) in [5, 5.41) is 12.7. The average molecular weight is 280 g/mol. The maximum atomic E-state index is 8.68. The summed E-state index contributed by atoms with van der Waals surface area (Å²) >= 11 is 6.13. The molecule has 0 fully saturated rings. The Morgan fingerprint density at radius 2 is 1.95 bits per heavy atom. The number of rotatable bonds is 7. The molecular formula is C15H18ClNO2. The number of aliphatic hydroxyl groups excluding tert-OH is 1. The highest BCUT2D eigenvalue weighted by molar-refractivity contribution is 6.33. The van der Waals surface area contributed by atoms with E-state index in [1.807, 2.05) is 36.4 Å². The highest BCUT2D eigenvalue weighted by Gasteiger charge is 2.07. The van der Waals surface area contributed by atoms with Crippen molar-refractivity contribution < 1.29 is 9.52 Å². The van der Waals surface area contributed by atoms with Gasteiger partial charge in [0.15, 0.2) is 0 Å². The maximum absolute atomic E-state index is 8.68. The van der Waals surface area contributed by atoms with E-state index >= 15 is 0 Å². The molecule has 0 unspecified atom stereocenters. The van der Waals surface area contributed by atoms with E-state index in [0.29, 0.717) is 11.6 Å². The summed E-state index contributed by atoms with van der Waals surface area (Å²) in [6, 6.07) is 11.5. The van der Waals surface area contributed by atoms with Crippen LogP contribution in [-0.2, 0) is 6.54 Å². The van der Waals surface area contributed by atoms with Crippen LogP contribution < -0.4 is 5.32 Å². The molecule has 0 saturated heterocycles. The number of aliphatic hydroxyl groups is 1. The first-order valence-electron chi connectivity index (χ1n) is 6.46. The first kappa shape index (κ1) is 14.1. The summed E-state index contributed by atoms with van der Waals surface area (Å²) in [4.78, 5) is 0. The van der Waals surface area contributed by atoms with Crippen LogP contribution in [0, 0.1) is 0 Å². The van der Waals surface area contributed by atoms with E-state index in [2.05, 4.69) is 5.32 Å². The lowest BCUT2D eigenvalue weighted by Crippen LogP contribution is -2.14. The molecule has 1 aromatic carbocycles. The third kappa shape index (κ3) is 4.10. The van der Waals surface area contributed by atoms with Gasteiger partial charge in [0.1, 0.15) is 11.5 Å². The largest absolute Gasteiger partial charge is 0.460 e. The Balaban J connectivity index is 1.91. The van der Waals surface area contributed by atoms with Crippen molar-refractivity contribution >= 4 is 11.6 Å². The fraction of sp³-hybridized carbons (Fsp3) is 0.333. The molecule has 0 bridgehead atoms. The molecule has 19 heavy (non-hydrogen) atoms. The van der Waals surface area contributed by atoms with Gasteiger partial charge in [-0.05, 0) is 43.7 Å². The SMILES string of the molecule is OCCCCNCc1ccc(-c2ccccc2Cl)o1. The van der Waals surface area contributed by atoms with Crippen molar-refractivity contribution in [2.24, 2.45) is 0 Å². The number of furan rings is 1. The molecule has 0 aliphatic carbocycles. The van der Waals surface area contributed by atoms with Crippen molar-refractivity contribution in [2.45, 2.75) is 19.4 Å². The number of nitrogens with one attached hydrogen (secondary N) is 1. The van der Waals surface area contributed by atoms with E-state index < -0.39 is 0 Å². The van der Waals surface area contributed by atoms with Crippen LogP contribution in [0.25, 0.3) is 11.3 Å². The molecule has 2 aromatic rings. The molecule has 0 aliphatic rings. The third-order valence-electron chi connectivity index (χ3n) is 2.86. The fourth-order valence-corrected chi connectivity index (χ4v) is 2.08. The molecule has 2 rings (SSSR count). The van der Waals surface area contributed by atoms with Crippen LogP contribution in [0.2, 0.25) is 5.02 Å². The highest BCUT2D eigenvalue weighted by atomic mass is 35.5. The van der Waals surface area contributed by atoms with Crippen LogP contribution in [0.4, 0.5) is 0 Å². The number of benzene rings is 1. The number of unbranched alkanes of at least 4 members (excludes halogenated alkanes) is 1. The topological polar surface area (TPSA) is 45.4 Å². The van der Waals surface area contributed by atoms with Crippen LogP contribution in [0.5, 0.6) is 0 Å². The van der Waals surface area contributed by atoms with E-state index in [1.165, 1.54) is 0 Å². The van der Waals surface area contributed by atoms with Crippen molar-refractivity contribution in [3.8, 4) is 11.3 Å². The van der Waals surface area contributed by atoms with Gasteiger partial charge in [-0.2, -0.15) is 0 Å². The molecule has 2 N–H and O–H groups in total. The Morgan fingerprint density at radius 3 is 2.74 bits per heavy atom. The average Bonchev–Trinajstić information content (AvgIpc) is 2.88.